The largest absolute Gasteiger partial charge is 0.489 e. The molecule has 0 aromatic heterocycles. The SMILES string of the molecule is CC(C)C1c2ccc(F)cc2CCN1C(=O)C1CCN(CCc2ccccc2OCc2ccccc2)CC1. The van der Waals surface area contributed by atoms with E-state index in [-0.39, 0.29) is 29.6 Å². The van der Waals surface area contributed by atoms with E-state index in [0.29, 0.717) is 13.2 Å². The summed E-state index contributed by atoms with van der Waals surface area (Å²) in [6.45, 7) is 8.40. The Labute approximate surface area is 226 Å². The number of piperidine rings is 1. The summed E-state index contributed by atoms with van der Waals surface area (Å²) >= 11 is 0. The van der Waals surface area contributed by atoms with Gasteiger partial charge >= 0.3 is 0 Å². The number of benzene rings is 3. The van der Waals surface area contributed by atoms with Gasteiger partial charge in [-0.05, 0) is 85.1 Å². The predicted molar refractivity (Wildman–Crippen MR) is 149 cm³/mol. The summed E-state index contributed by atoms with van der Waals surface area (Å²) in [6, 6.07) is 23.7. The molecule has 1 unspecified atom stereocenters. The molecule has 0 spiro atoms. The number of hydrogen-bond donors (Lipinski definition) is 0. The Morgan fingerprint density at radius 3 is 2.47 bits per heavy atom. The third-order valence-corrected chi connectivity index (χ3v) is 8.14. The van der Waals surface area contributed by atoms with Gasteiger partial charge in [0.2, 0.25) is 5.91 Å². The second kappa shape index (κ2) is 12.1. The molecular formula is C33H39FN2O2. The number of amides is 1. The van der Waals surface area contributed by atoms with E-state index in [9.17, 15) is 9.18 Å². The van der Waals surface area contributed by atoms with Gasteiger partial charge in [-0.2, -0.15) is 0 Å². The maximum atomic E-state index is 13.8. The number of fused-ring (bicyclic) bond motifs is 1. The number of ether oxygens (including phenoxy) is 1. The minimum Gasteiger partial charge on any atom is -0.489 e. The van der Waals surface area contributed by atoms with Crippen LogP contribution in [0.2, 0.25) is 0 Å². The molecule has 0 saturated carbocycles. The quantitative estimate of drug-likeness (QED) is 0.347. The molecule has 2 aliphatic heterocycles. The second-order valence-corrected chi connectivity index (χ2v) is 11.1. The second-order valence-electron chi connectivity index (χ2n) is 11.1. The first-order chi connectivity index (χ1) is 18.5. The van der Waals surface area contributed by atoms with Gasteiger partial charge in [0.05, 0.1) is 6.04 Å². The first-order valence-corrected chi connectivity index (χ1v) is 14.1. The molecule has 4 nitrogen and oxygen atoms in total. The van der Waals surface area contributed by atoms with Crippen molar-refractivity contribution in [3.05, 3.63) is 101 Å². The number of hydrogen-bond acceptors (Lipinski definition) is 3. The third kappa shape index (κ3) is 6.10. The molecule has 0 bridgehead atoms. The predicted octanol–water partition coefficient (Wildman–Crippen LogP) is 6.44. The van der Waals surface area contributed by atoms with E-state index >= 15 is 0 Å². The van der Waals surface area contributed by atoms with E-state index in [0.717, 1.165) is 67.8 Å². The summed E-state index contributed by atoms with van der Waals surface area (Å²) in [5.41, 5.74) is 4.56. The number of halogens is 1. The topological polar surface area (TPSA) is 32.8 Å². The highest BCUT2D eigenvalue weighted by atomic mass is 19.1. The van der Waals surface area contributed by atoms with Crippen LogP contribution in [0.15, 0.2) is 72.8 Å². The van der Waals surface area contributed by atoms with Crippen LogP contribution in [-0.2, 0) is 24.2 Å². The number of carbonyl (C=O) groups excluding carboxylic acids is 1. The molecule has 3 aromatic carbocycles. The van der Waals surface area contributed by atoms with Crippen molar-refractivity contribution >= 4 is 5.91 Å². The van der Waals surface area contributed by atoms with E-state index < -0.39 is 0 Å². The van der Waals surface area contributed by atoms with Gasteiger partial charge in [-0.25, -0.2) is 4.39 Å². The van der Waals surface area contributed by atoms with Crippen molar-refractivity contribution in [2.75, 3.05) is 26.2 Å². The molecule has 2 aliphatic rings. The van der Waals surface area contributed by atoms with Crippen LogP contribution in [0.1, 0.15) is 55.0 Å². The molecule has 1 atom stereocenters. The normalized spacial score (nSPS) is 18.4. The lowest BCUT2D eigenvalue weighted by atomic mass is 9.84. The Bertz CT molecular complexity index is 1220. The first kappa shape index (κ1) is 26.4. The Morgan fingerprint density at radius 1 is 0.974 bits per heavy atom. The molecular weight excluding hydrogens is 475 g/mol. The minimum absolute atomic E-state index is 0.0252. The molecule has 2 heterocycles. The van der Waals surface area contributed by atoms with Gasteiger partial charge < -0.3 is 14.5 Å². The van der Waals surface area contributed by atoms with Crippen LogP contribution in [-0.4, -0.2) is 41.9 Å². The molecule has 1 saturated heterocycles. The van der Waals surface area contributed by atoms with Crippen molar-refractivity contribution in [3.63, 3.8) is 0 Å². The van der Waals surface area contributed by atoms with E-state index in [1.165, 1.54) is 11.6 Å². The van der Waals surface area contributed by atoms with Gasteiger partial charge in [-0.15, -0.1) is 0 Å². The summed E-state index contributed by atoms with van der Waals surface area (Å²) < 4.78 is 20.0. The third-order valence-electron chi connectivity index (χ3n) is 8.14. The van der Waals surface area contributed by atoms with E-state index in [2.05, 4.69) is 54.0 Å². The Hall–Kier alpha value is -3.18. The van der Waals surface area contributed by atoms with Crippen LogP contribution in [0.5, 0.6) is 5.75 Å². The number of nitrogens with zero attached hydrogens (tertiary/aromatic N) is 2. The lowest BCUT2D eigenvalue weighted by Crippen LogP contribution is -2.47. The van der Waals surface area contributed by atoms with Crippen LogP contribution in [0.3, 0.4) is 0 Å². The van der Waals surface area contributed by atoms with Crippen LogP contribution in [0.4, 0.5) is 4.39 Å². The van der Waals surface area contributed by atoms with Crippen molar-refractivity contribution in [3.8, 4) is 5.75 Å². The highest BCUT2D eigenvalue weighted by Crippen LogP contribution is 2.37. The monoisotopic (exact) mass is 514 g/mol. The van der Waals surface area contributed by atoms with Crippen LogP contribution in [0.25, 0.3) is 0 Å². The molecule has 1 amide bonds. The van der Waals surface area contributed by atoms with Gasteiger partial charge in [-0.3, -0.25) is 4.79 Å². The molecule has 5 rings (SSSR count). The molecule has 200 valence electrons. The standard InChI is InChI=1S/C33H39FN2O2/c1-24(2)32-30-13-12-29(34)22-28(30)17-21-36(32)33(37)27-15-19-35(20-16-27)18-14-26-10-6-7-11-31(26)38-23-25-8-4-3-5-9-25/h3-13,22,24,27,32H,14-21,23H2,1-2H3. The van der Waals surface area contributed by atoms with Crippen LogP contribution < -0.4 is 4.74 Å². The summed E-state index contributed by atoms with van der Waals surface area (Å²) in [4.78, 5) is 18.2. The summed E-state index contributed by atoms with van der Waals surface area (Å²) in [5.74, 6) is 1.39. The summed E-state index contributed by atoms with van der Waals surface area (Å²) in [5, 5.41) is 0. The molecule has 5 heteroatoms. The van der Waals surface area contributed by atoms with Gasteiger partial charge in [0, 0.05) is 19.0 Å². The zero-order valence-corrected chi connectivity index (χ0v) is 22.6. The van der Waals surface area contributed by atoms with Gasteiger partial charge in [0.25, 0.3) is 0 Å². The Morgan fingerprint density at radius 2 is 1.71 bits per heavy atom. The number of carbonyl (C=O) groups is 1. The first-order valence-electron chi connectivity index (χ1n) is 14.1. The number of para-hydroxylation sites is 1. The molecule has 0 radical (unpaired) electrons. The van der Waals surface area contributed by atoms with E-state index in [1.807, 2.05) is 30.3 Å². The minimum atomic E-state index is -0.191. The van der Waals surface area contributed by atoms with Crippen molar-refractivity contribution in [2.45, 2.75) is 52.2 Å². The van der Waals surface area contributed by atoms with Crippen molar-refractivity contribution in [1.29, 1.82) is 0 Å². The van der Waals surface area contributed by atoms with Gasteiger partial charge in [0.15, 0.2) is 0 Å². The van der Waals surface area contributed by atoms with Crippen LogP contribution >= 0.6 is 0 Å². The highest BCUT2D eigenvalue weighted by Gasteiger charge is 2.37. The molecule has 0 aliphatic carbocycles. The van der Waals surface area contributed by atoms with Gasteiger partial charge in [0.1, 0.15) is 18.2 Å². The molecule has 38 heavy (non-hydrogen) atoms. The van der Waals surface area contributed by atoms with E-state index in [1.54, 1.807) is 6.07 Å². The average molecular weight is 515 g/mol. The molecule has 1 fully saturated rings. The van der Waals surface area contributed by atoms with Crippen molar-refractivity contribution in [1.82, 2.24) is 9.80 Å². The fraction of sp³-hybridized carbons (Fsp3) is 0.424. The number of rotatable bonds is 8. The fourth-order valence-corrected chi connectivity index (χ4v) is 6.10. The van der Waals surface area contributed by atoms with Crippen molar-refractivity contribution in [2.24, 2.45) is 11.8 Å². The summed E-state index contributed by atoms with van der Waals surface area (Å²) in [7, 11) is 0. The zero-order chi connectivity index (χ0) is 26.5. The lowest BCUT2D eigenvalue weighted by Gasteiger charge is -2.42. The Balaban J connectivity index is 1.15. The molecule has 3 aromatic rings. The maximum Gasteiger partial charge on any atom is 0.226 e. The maximum absolute atomic E-state index is 13.8. The highest BCUT2D eigenvalue weighted by molar-refractivity contribution is 5.80. The molecule has 0 N–H and O–H groups in total. The number of likely N-dealkylation sites (tertiary alicyclic amines) is 1. The smallest absolute Gasteiger partial charge is 0.226 e. The average Bonchev–Trinajstić information content (AvgIpc) is 2.95. The van der Waals surface area contributed by atoms with Crippen molar-refractivity contribution < 1.29 is 13.9 Å². The zero-order valence-electron chi connectivity index (χ0n) is 22.6. The Kier molecular flexibility index (Phi) is 8.43. The fourth-order valence-electron chi connectivity index (χ4n) is 6.10. The summed E-state index contributed by atoms with van der Waals surface area (Å²) in [6.07, 6.45) is 3.44. The lowest BCUT2D eigenvalue weighted by molar-refractivity contribution is -0.141. The van der Waals surface area contributed by atoms with Gasteiger partial charge in [-0.1, -0.05) is 68.4 Å². The van der Waals surface area contributed by atoms with Crippen LogP contribution in [0, 0.1) is 17.7 Å². The van der Waals surface area contributed by atoms with E-state index in [4.69, 9.17) is 4.74 Å².